The number of urea groups is 1. The maximum atomic E-state index is 15.0. The largest absolute Gasteiger partial charge is 0.345 e. The number of imidazole rings is 1. The fraction of sp³-hybridized carbons (Fsp3) is 0.321. The molecule has 7 rings (SSSR count). The molecule has 39 heavy (non-hydrogen) atoms. The van der Waals surface area contributed by atoms with Crippen molar-refractivity contribution in [3.8, 4) is 22.5 Å². The van der Waals surface area contributed by atoms with Gasteiger partial charge in [0.2, 0.25) is 0 Å². The van der Waals surface area contributed by atoms with Gasteiger partial charge in [-0.3, -0.25) is 19.4 Å². The molecule has 6 heterocycles. The molecule has 0 unspecified atom stereocenters. The topological polar surface area (TPSA) is 115 Å². The van der Waals surface area contributed by atoms with Crippen LogP contribution in [0.5, 0.6) is 0 Å². The summed E-state index contributed by atoms with van der Waals surface area (Å²) in [6.07, 6.45) is 7.58. The standard InChI is InChI=1S/C28H29FN8O2/c29-19-11-18-15-36(28(39)32-13-17-4-6-30-7-5-17)10-9-35-16-21(20(12-19)26(18)35)25-24(27(38)34-33-25)22-14-31-23-3-1-2-8-37(22)23/h1-3,8,11-12,14,16-17,30H,4-7,9-10,13,15H2,(H,32,39)(H2,33,34,38). The number of aromatic nitrogens is 5. The fourth-order valence-corrected chi connectivity index (χ4v) is 6.02. The summed E-state index contributed by atoms with van der Waals surface area (Å²) in [4.78, 5) is 32.3. The first kappa shape index (κ1) is 23.7. The van der Waals surface area contributed by atoms with Crippen molar-refractivity contribution in [2.45, 2.75) is 25.9 Å². The van der Waals surface area contributed by atoms with Crippen LogP contribution in [0.2, 0.25) is 0 Å². The summed E-state index contributed by atoms with van der Waals surface area (Å²) in [6, 6.07) is 8.53. The van der Waals surface area contributed by atoms with Gasteiger partial charge in [-0.25, -0.2) is 14.2 Å². The molecule has 2 aliphatic heterocycles. The van der Waals surface area contributed by atoms with E-state index in [2.05, 4.69) is 30.4 Å². The van der Waals surface area contributed by atoms with E-state index in [0.29, 0.717) is 60.0 Å². The zero-order chi connectivity index (χ0) is 26.5. The number of halogens is 1. The number of piperidine rings is 1. The number of H-pyrrole nitrogens is 2. The molecule has 4 N–H and O–H groups in total. The van der Waals surface area contributed by atoms with Gasteiger partial charge in [0, 0.05) is 49.5 Å². The molecular formula is C28H29FN8O2. The highest BCUT2D eigenvalue weighted by Crippen LogP contribution is 2.37. The highest BCUT2D eigenvalue weighted by atomic mass is 19.1. The minimum Gasteiger partial charge on any atom is -0.345 e. The first-order valence-corrected chi connectivity index (χ1v) is 13.3. The summed E-state index contributed by atoms with van der Waals surface area (Å²) in [6.45, 7) is 3.96. The Morgan fingerprint density at radius 1 is 1.15 bits per heavy atom. The lowest BCUT2D eigenvalue weighted by Crippen LogP contribution is -2.43. The predicted octanol–water partition coefficient (Wildman–Crippen LogP) is 3.30. The van der Waals surface area contributed by atoms with Crippen LogP contribution >= 0.6 is 0 Å². The van der Waals surface area contributed by atoms with Gasteiger partial charge >= 0.3 is 6.03 Å². The molecule has 11 heteroatoms. The van der Waals surface area contributed by atoms with Crippen LogP contribution in [0, 0.1) is 11.7 Å². The van der Waals surface area contributed by atoms with Gasteiger partial charge in [-0.05, 0) is 61.7 Å². The molecule has 200 valence electrons. The first-order valence-electron chi connectivity index (χ1n) is 13.3. The Bertz CT molecular complexity index is 1760. The van der Waals surface area contributed by atoms with E-state index >= 15 is 4.39 Å². The number of carbonyl (C=O) groups is 1. The second-order valence-electron chi connectivity index (χ2n) is 10.4. The Morgan fingerprint density at radius 2 is 2.03 bits per heavy atom. The quantitative estimate of drug-likeness (QED) is 0.287. The Balaban J connectivity index is 1.25. The van der Waals surface area contributed by atoms with Crippen LogP contribution in [0.1, 0.15) is 18.4 Å². The van der Waals surface area contributed by atoms with Crippen LogP contribution in [0.25, 0.3) is 39.1 Å². The lowest BCUT2D eigenvalue weighted by Gasteiger charge is -2.26. The molecule has 4 aromatic heterocycles. The molecule has 1 fully saturated rings. The number of pyridine rings is 1. The summed E-state index contributed by atoms with van der Waals surface area (Å²) in [5.74, 6) is 0.0905. The average Bonchev–Trinajstić information content (AvgIpc) is 3.61. The molecule has 0 bridgehead atoms. The van der Waals surface area contributed by atoms with Crippen molar-refractivity contribution in [1.82, 2.24) is 39.7 Å². The van der Waals surface area contributed by atoms with Crippen molar-refractivity contribution >= 4 is 22.6 Å². The van der Waals surface area contributed by atoms with Gasteiger partial charge in [-0.1, -0.05) is 6.07 Å². The van der Waals surface area contributed by atoms with Crippen LogP contribution in [-0.4, -0.2) is 61.3 Å². The van der Waals surface area contributed by atoms with E-state index in [4.69, 9.17) is 0 Å². The van der Waals surface area contributed by atoms with Crippen molar-refractivity contribution in [3.05, 3.63) is 70.7 Å². The molecule has 0 radical (unpaired) electrons. The SMILES string of the molecule is O=C(NCC1CCNCC1)N1CCn2cc(-c3[nH][nH]c(=O)c3-c3cnc4ccccn34)c3cc(F)cc(c32)C1. The van der Waals surface area contributed by atoms with Crippen LogP contribution in [0.3, 0.4) is 0 Å². The van der Waals surface area contributed by atoms with Crippen molar-refractivity contribution in [2.75, 3.05) is 26.2 Å². The van der Waals surface area contributed by atoms with E-state index in [1.807, 2.05) is 35.0 Å². The van der Waals surface area contributed by atoms with Gasteiger partial charge in [0.1, 0.15) is 11.5 Å². The molecule has 10 nitrogen and oxygen atoms in total. The maximum absolute atomic E-state index is 15.0. The van der Waals surface area contributed by atoms with Crippen molar-refractivity contribution in [2.24, 2.45) is 5.92 Å². The molecule has 0 atom stereocenters. The van der Waals surface area contributed by atoms with E-state index in [0.717, 1.165) is 42.7 Å². The summed E-state index contributed by atoms with van der Waals surface area (Å²) in [5, 5.41) is 12.9. The third kappa shape index (κ3) is 4.09. The Hall–Kier alpha value is -4.38. The van der Waals surface area contributed by atoms with Crippen LogP contribution in [0.15, 0.2) is 53.7 Å². The molecule has 5 aromatic rings. The molecular weight excluding hydrogens is 499 g/mol. The number of amides is 2. The van der Waals surface area contributed by atoms with E-state index in [9.17, 15) is 9.59 Å². The monoisotopic (exact) mass is 528 g/mol. The number of hydrogen-bond donors (Lipinski definition) is 4. The van der Waals surface area contributed by atoms with E-state index in [1.165, 1.54) is 12.1 Å². The number of aromatic amines is 2. The zero-order valence-corrected chi connectivity index (χ0v) is 21.3. The van der Waals surface area contributed by atoms with E-state index in [-0.39, 0.29) is 17.4 Å². The van der Waals surface area contributed by atoms with Gasteiger partial charge in [0.05, 0.1) is 28.7 Å². The molecule has 0 spiro atoms. The summed E-state index contributed by atoms with van der Waals surface area (Å²) < 4.78 is 18.9. The number of hydrogen-bond acceptors (Lipinski definition) is 4. The lowest BCUT2D eigenvalue weighted by atomic mass is 9.98. The lowest BCUT2D eigenvalue weighted by molar-refractivity contribution is 0.191. The number of carbonyl (C=O) groups excluding carboxylic acids is 1. The highest BCUT2D eigenvalue weighted by Gasteiger charge is 2.27. The molecule has 2 aliphatic rings. The second-order valence-corrected chi connectivity index (χ2v) is 10.4. The Labute approximate surface area is 222 Å². The smallest absolute Gasteiger partial charge is 0.317 e. The first-order chi connectivity index (χ1) is 19.1. The summed E-state index contributed by atoms with van der Waals surface area (Å²) in [7, 11) is 0. The average molecular weight is 529 g/mol. The minimum atomic E-state index is -0.386. The third-order valence-corrected chi connectivity index (χ3v) is 8.00. The molecule has 0 saturated carbocycles. The molecule has 0 aliphatic carbocycles. The van der Waals surface area contributed by atoms with Gasteiger partial charge in [-0.2, -0.15) is 0 Å². The van der Waals surface area contributed by atoms with Crippen LogP contribution < -0.4 is 16.2 Å². The van der Waals surface area contributed by atoms with Crippen molar-refractivity contribution in [3.63, 3.8) is 0 Å². The minimum absolute atomic E-state index is 0.123. The van der Waals surface area contributed by atoms with E-state index < -0.39 is 0 Å². The second kappa shape index (κ2) is 9.42. The van der Waals surface area contributed by atoms with E-state index in [1.54, 1.807) is 11.1 Å². The maximum Gasteiger partial charge on any atom is 0.317 e. The Morgan fingerprint density at radius 3 is 2.90 bits per heavy atom. The molecule has 1 saturated heterocycles. The number of benzene rings is 1. The Kier molecular flexibility index (Phi) is 5.73. The summed E-state index contributed by atoms with van der Waals surface area (Å²) in [5.41, 5.74) is 4.42. The summed E-state index contributed by atoms with van der Waals surface area (Å²) >= 11 is 0. The van der Waals surface area contributed by atoms with Crippen LogP contribution in [-0.2, 0) is 13.1 Å². The molecule has 2 amide bonds. The van der Waals surface area contributed by atoms with Crippen molar-refractivity contribution < 1.29 is 9.18 Å². The fourth-order valence-electron chi connectivity index (χ4n) is 6.02. The van der Waals surface area contributed by atoms with Crippen LogP contribution in [0.4, 0.5) is 9.18 Å². The highest BCUT2D eigenvalue weighted by molar-refractivity contribution is 6.00. The molecule has 1 aromatic carbocycles. The number of nitrogens with zero attached hydrogens (tertiary/aromatic N) is 4. The van der Waals surface area contributed by atoms with Gasteiger partial charge in [-0.15, -0.1) is 0 Å². The zero-order valence-electron chi connectivity index (χ0n) is 21.3. The third-order valence-electron chi connectivity index (χ3n) is 8.00. The number of nitrogens with one attached hydrogen (secondary N) is 4. The normalized spacial score (nSPS) is 16.2. The number of rotatable bonds is 4. The van der Waals surface area contributed by atoms with Gasteiger partial charge < -0.3 is 20.1 Å². The van der Waals surface area contributed by atoms with Gasteiger partial charge in [0.15, 0.2) is 0 Å². The number of fused-ring (bicyclic) bond motifs is 1. The van der Waals surface area contributed by atoms with Crippen molar-refractivity contribution in [1.29, 1.82) is 0 Å². The van der Waals surface area contributed by atoms with Gasteiger partial charge in [0.25, 0.3) is 5.56 Å². The predicted molar refractivity (Wildman–Crippen MR) is 146 cm³/mol.